The third-order valence-corrected chi connectivity index (χ3v) is 11.9. The molecule has 362 valence electrons. The van der Waals surface area contributed by atoms with E-state index in [1.807, 2.05) is 21.1 Å². The highest BCUT2D eigenvalue weighted by atomic mass is 16.7. The van der Waals surface area contributed by atoms with E-state index < -0.39 is 18.4 Å². The minimum atomic E-state index is -1.50. The standard InChI is InChI=1S/C52H101NO8/c1-6-8-10-12-14-16-18-20-21-22-23-24-25-26-27-28-29-30-31-33-35-37-39-41-43-50(55)61-48(47-60-52(51(56)57)58-45-44-53(3,4)5)46-59-49(54)42-40-38-36-34-32-19-17-15-13-11-9-7-2/h48,52H,6-47H2,1-5H3/p+1. The summed E-state index contributed by atoms with van der Waals surface area (Å²) in [7, 11) is 5.97. The highest BCUT2D eigenvalue weighted by molar-refractivity contribution is 5.71. The first-order valence-electron chi connectivity index (χ1n) is 26.2. The van der Waals surface area contributed by atoms with Crippen molar-refractivity contribution < 1.29 is 42.9 Å². The van der Waals surface area contributed by atoms with Gasteiger partial charge in [-0.05, 0) is 12.8 Å². The van der Waals surface area contributed by atoms with E-state index in [0.717, 1.165) is 38.5 Å². The lowest BCUT2D eigenvalue weighted by atomic mass is 10.0. The molecule has 0 radical (unpaired) electrons. The highest BCUT2D eigenvalue weighted by Crippen LogP contribution is 2.17. The number of carboxylic acids is 1. The Morgan fingerprint density at radius 2 is 0.738 bits per heavy atom. The number of carboxylic acid groups (broad SMARTS) is 1. The van der Waals surface area contributed by atoms with Crippen molar-refractivity contribution in [3.05, 3.63) is 0 Å². The maximum absolute atomic E-state index is 12.8. The molecular formula is C52H102NO8+. The predicted octanol–water partition coefficient (Wildman–Crippen LogP) is 14.5. The Morgan fingerprint density at radius 1 is 0.426 bits per heavy atom. The Morgan fingerprint density at radius 3 is 1.05 bits per heavy atom. The Balaban J connectivity index is 4.19. The molecule has 0 aromatic heterocycles. The van der Waals surface area contributed by atoms with Gasteiger partial charge < -0.3 is 28.5 Å². The molecule has 0 saturated heterocycles. The van der Waals surface area contributed by atoms with Crippen LogP contribution < -0.4 is 0 Å². The van der Waals surface area contributed by atoms with Gasteiger partial charge in [-0.2, -0.15) is 0 Å². The van der Waals surface area contributed by atoms with Crippen LogP contribution >= 0.6 is 0 Å². The average molecular weight is 869 g/mol. The fourth-order valence-electron chi connectivity index (χ4n) is 7.78. The Bertz CT molecular complexity index is 970. The number of unbranched alkanes of at least 4 members (excludes halogenated alkanes) is 34. The molecular weight excluding hydrogens is 767 g/mol. The SMILES string of the molecule is CCCCCCCCCCCCCCCCCCCCCCCCCCC(=O)OC(COC(=O)CCCCCCCCCCCCCC)COC(OCC[N+](C)(C)C)C(=O)O. The van der Waals surface area contributed by atoms with E-state index in [4.69, 9.17) is 18.9 Å². The Hall–Kier alpha value is -1.71. The lowest BCUT2D eigenvalue weighted by Crippen LogP contribution is -2.40. The van der Waals surface area contributed by atoms with Crippen molar-refractivity contribution in [1.29, 1.82) is 0 Å². The fourth-order valence-corrected chi connectivity index (χ4v) is 7.78. The maximum atomic E-state index is 12.8. The molecule has 0 rings (SSSR count). The summed E-state index contributed by atoms with van der Waals surface area (Å²) in [5.41, 5.74) is 0. The summed E-state index contributed by atoms with van der Waals surface area (Å²) in [6.07, 6.45) is 44.6. The van der Waals surface area contributed by atoms with E-state index in [1.54, 1.807) is 0 Å². The van der Waals surface area contributed by atoms with E-state index in [-0.39, 0.29) is 38.2 Å². The van der Waals surface area contributed by atoms with Crippen molar-refractivity contribution in [1.82, 2.24) is 0 Å². The zero-order valence-electron chi connectivity index (χ0n) is 41.1. The van der Waals surface area contributed by atoms with Crippen LogP contribution in [-0.2, 0) is 33.3 Å². The summed E-state index contributed by atoms with van der Waals surface area (Å²) in [6.45, 7) is 4.92. The number of ether oxygens (including phenoxy) is 4. The van der Waals surface area contributed by atoms with Crippen LogP contribution in [0.15, 0.2) is 0 Å². The van der Waals surface area contributed by atoms with Gasteiger partial charge in [0, 0.05) is 12.8 Å². The number of esters is 2. The summed E-state index contributed by atoms with van der Waals surface area (Å²) >= 11 is 0. The zero-order valence-corrected chi connectivity index (χ0v) is 41.1. The highest BCUT2D eigenvalue weighted by Gasteiger charge is 2.25. The van der Waals surface area contributed by atoms with Crippen molar-refractivity contribution in [3.63, 3.8) is 0 Å². The summed E-state index contributed by atoms with van der Waals surface area (Å²) in [5, 5.41) is 9.66. The number of carbonyl (C=O) groups excluding carboxylic acids is 2. The van der Waals surface area contributed by atoms with Gasteiger partial charge in [-0.25, -0.2) is 4.79 Å². The van der Waals surface area contributed by atoms with Crippen LogP contribution in [-0.4, -0.2) is 87.4 Å². The van der Waals surface area contributed by atoms with Gasteiger partial charge >= 0.3 is 17.9 Å². The number of carbonyl (C=O) groups is 3. The fraction of sp³-hybridized carbons (Fsp3) is 0.942. The largest absolute Gasteiger partial charge is 0.477 e. The molecule has 0 fully saturated rings. The molecule has 9 heteroatoms. The molecule has 0 aliphatic heterocycles. The average Bonchev–Trinajstić information content (AvgIpc) is 3.22. The van der Waals surface area contributed by atoms with E-state index in [1.165, 1.54) is 193 Å². The monoisotopic (exact) mass is 869 g/mol. The Labute approximate surface area is 377 Å². The Kier molecular flexibility index (Phi) is 43.6. The van der Waals surface area contributed by atoms with Gasteiger partial charge in [-0.15, -0.1) is 0 Å². The molecule has 0 aromatic carbocycles. The first-order valence-corrected chi connectivity index (χ1v) is 26.2. The van der Waals surface area contributed by atoms with E-state index in [0.29, 0.717) is 17.4 Å². The second-order valence-corrected chi connectivity index (χ2v) is 19.2. The van der Waals surface area contributed by atoms with Crippen LogP contribution in [0.25, 0.3) is 0 Å². The quantitative estimate of drug-likeness (QED) is 0.0279. The van der Waals surface area contributed by atoms with Crippen LogP contribution in [0.2, 0.25) is 0 Å². The number of rotatable bonds is 49. The van der Waals surface area contributed by atoms with Gasteiger partial charge in [0.15, 0.2) is 6.10 Å². The van der Waals surface area contributed by atoms with Gasteiger partial charge in [0.1, 0.15) is 13.2 Å². The van der Waals surface area contributed by atoms with Gasteiger partial charge in [-0.1, -0.05) is 232 Å². The van der Waals surface area contributed by atoms with Crippen LogP contribution in [0.4, 0.5) is 0 Å². The number of aliphatic carboxylic acids is 1. The maximum Gasteiger partial charge on any atom is 0.361 e. The van der Waals surface area contributed by atoms with Gasteiger partial charge in [0.2, 0.25) is 0 Å². The van der Waals surface area contributed by atoms with Crippen molar-refractivity contribution in [2.75, 3.05) is 47.5 Å². The third kappa shape index (κ3) is 46.1. The minimum Gasteiger partial charge on any atom is -0.477 e. The smallest absolute Gasteiger partial charge is 0.361 e. The van der Waals surface area contributed by atoms with Crippen molar-refractivity contribution in [2.24, 2.45) is 0 Å². The molecule has 0 aliphatic carbocycles. The topological polar surface area (TPSA) is 108 Å². The first kappa shape index (κ1) is 59.3. The van der Waals surface area contributed by atoms with Gasteiger partial charge in [0.25, 0.3) is 6.29 Å². The summed E-state index contributed by atoms with van der Waals surface area (Å²) in [4.78, 5) is 37.2. The number of likely N-dealkylation sites (N-methyl/N-ethyl adjacent to an activating group) is 1. The molecule has 0 spiro atoms. The molecule has 0 aromatic rings. The molecule has 1 N–H and O–H groups in total. The lowest BCUT2D eigenvalue weighted by molar-refractivity contribution is -0.870. The molecule has 0 bridgehead atoms. The number of hydrogen-bond donors (Lipinski definition) is 1. The van der Waals surface area contributed by atoms with Crippen LogP contribution in [0, 0.1) is 0 Å². The molecule has 61 heavy (non-hydrogen) atoms. The third-order valence-electron chi connectivity index (χ3n) is 11.9. The molecule has 0 amide bonds. The van der Waals surface area contributed by atoms with Crippen LogP contribution in [0.1, 0.15) is 258 Å². The lowest BCUT2D eigenvalue weighted by Gasteiger charge is -2.25. The molecule has 0 aliphatic rings. The molecule has 0 saturated carbocycles. The molecule has 9 nitrogen and oxygen atoms in total. The summed E-state index contributed by atoms with van der Waals surface area (Å²) in [5.74, 6) is -1.98. The van der Waals surface area contributed by atoms with E-state index in [2.05, 4.69) is 13.8 Å². The van der Waals surface area contributed by atoms with Crippen molar-refractivity contribution >= 4 is 17.9 Å². The van der Waals surface area contributed by atoms with Crippen LogP contribution in [0.5, 0.6) is 0 Å². The molecule has 2 unspecified atom stereocenters. The van der Waals surface area contributed by atoms with Gasteiger partial charge in [0.05, 0.1) is 34.4 Å². The van der Waals surface area contributed by atoms with Gasteiger partial charge in [-0.3, -0.25) is 9.59 Å². The first-order chi connectivity index (χ1) is 29.6. The van der Waals surface area contributed by atoms with E-state index in [9.17, 15) is 19.5 Å². The van der Waals surface area contributed by atoms with Crippen LogP contribution in [0.3, 0.4) is 0 Å². The van der Waals surface area contributed by atoms with Crippen molar-refractivity contribution in [3.8, 4) is 0 Å². The molecule has 0 heterocycles. The number of hydrogen-bond acceptors (Lipinski definition) is 7. The molecule has 2 atom stereocenters. The summed E-state index contributed by atoms with van der Waals surface area (Å²) < 4.78 is 22.8. The predicted molar refractivity (Wildman–Crippen MR) is 254 cm³/mol. The zero-order chi connectivity index (χ0) is 44.9. The number of quaternary nitrogens is 1. The normalized spacial score (nSPS) is 12.7. The van der Waals surface area contributed by atoms with E-state index >= 15 is 0 Å². The minimum absolute atomic E-state index is 0.173. The number of nitrogens with zero attached hydrogens (tertiary/aromatic N) is 1. The van der Waals surface area contributed by atoms with Crippen molar-refractivity contribution in [2.45, 2.75) is 270 Å². The second kappa shape index (κ2) is 44.9. The second-order valence-electron chi connectivity index (χ2n) is 19.2. The summed E-state index contributed by atoms with van der Waals surface area (Å²) in [6, 6.07) is 0.